The molecule has 0 aliphatic heterocycles. The van der Waals surface area contributed by atoms with Gasteiger partial charge in [0.25, 0.3) is 0 Å². The minimum Gasteiger partial charge on any atom is -0.383 e. The summed E-state index contributed by atoms with van der Waals surface area (Å²) in [6.07, 6.45) is 0.896. The summed E-state index contributed by atoms with van der Waals surface area (Å²) in [5.74, 6) is 0.675. The average Bonchev–Trinajstić information content (AvgIpc) is 2.93. The molecule has 6 heteroatoms. The lowest BCUT2D eigenvalue weighted by Crippen LogP contribution is -2.10. The van der Waals surface area contributed by atoms with Crippen molar-refractivity contribution in [3.63, 3.8) is 0 Å². The first-order valence-corrected chi connectivity index (χ1v) is 8.63. The molecule has 21 heavy (non-hydrogen) atoms. The van der Waals surface area contributed by atoms with Crippen LogP contribution in [0.4, 0.5) is 5.82 Å². The minimum absolute atomic E-state index is 0.180. The number of hydrogen-bond donors (Lipinski definition) is 1. The minimum atomic E-state index is 0.180. The Labute approximate surface area is 141 Å². The number of nitrogens with zero attached hydrogens (tertiary/aromatic N) is 3. The second kappa shape index (κ2) is 5.24. The molecule has 110 valence electrons. The van der Waals surface area contributed by atoms with Gasteiger partial charge >= 0.3 is 0 Å². The van der Waals surface area contributed by atoms with Crippen molar-refractivity contribution in [2.75, 3.05) is 5.73 Å². The van der Waals surface area contributed by atoms with E-state index < -0.39 is 0 Å². The van der Waals surface area contributed by atoms with Gasteiger partial charge in [-0.05, 0) is 46.6 Å². The van der Waals surface area contributed by atoms with Crippen molar-refractivity contribution in [1.82, 2.24) is 14.8 Å². The lowest BCUT2D eigenvalue weighted by atomic mass is 9.91. The van der Waals surface area contributed by atoms with E-state index in [1.807, 2.05) is 18.2 Å². The summed E-state index contributed by atoms with van der Waals surface area (Å²) in [7, 11) is 0. The maximum absolute atomic E-state index is 6.24. The molecule has 0 fully saturated rings. The van der Waals surface area contributed by atoms with Crippen LogP contribution >= 0.6 is 33.9 Å². The van der Waals surface area contributed by atoms with Crippen molar-refractivity contribution in [3.05, 3.63) is 33.5 Å². The smallest absolute Gasteiger partial charge is 0.213 e. The largest absolute Gasteiger partial charge is 0.383 e. The van der Waals surface area contributed by atoms with Gasteiger partial charge < -0.3 is 5.73 Å². The second-order valence-electron chi connectivity index (χ2n) is 6.26. The van der Waals surface area contributed by atoms with Crippen LogP contribution in [0.1, 0.15) is 26.5 Å². The third-order valence-corrected chi connectivity index (χ3v) is 5.28. The molecule has 2 heterocycles. The van der Waals surface area contributed by atoms with E-state index in [1.165, 1.54) is 0 Å². The molecular formula is C15H17IN4S. The van der Waals surface area contributed by atoms with Gasteiger partial charge in [-0.1, -0.05) is 44.2 Å². The van der Waals surface area contributed by atoms with Crippen LogP contribution in [0.25, 0.3) is 15.3 Å². The van der Waals surface area contributed by atoms with Crippen molar-refractivity contribution >= 4 is 50.0 Å². The predicted octanol–water partition coefficient (Wildman–Crippen LogP) is 4.26. The molecule has 0 aliphatic carbocycles. The highest BCUT2D eigenvalue weighted by molar-refractivity contribution is 14.1. The van der Waals surface area contributed by atoms with Crippen molar-refractivity contribution in [1.29, 1.82) is 0 Å². The molecule has 0 aliphatic rings. The van der Waals surface area contributed by atoms with Gasteiger partial charge in [0.05, 0.1) is 19.5 Å². The van der Waals surface area contributed by atoms with E-state index in [0.717, 1.165) is 31.0 Å². The van der Waals surface area contributed by atoms with E-state index >= 15 is 0 Å². The third-order valence-electron chi connectivity index (χ3n) is 3.09. The van der Waals surface area contributed by atoms with Crippen LogP contribution < -0.4 is 5.73 Å². The number of nitrogen functional groups attached to an aromatic ring is 1. The van der Waals surface area contributed by atoms with E-state index in [0.29, 0.717) is 5.82 Å². The maximum atomic E-state index is 6.24. The van der Waals surface area contributed by atoms with Crippen molar-refractivity contribution < 1.29 is 0 Å². The molecule has 0 saturated carbocycles. The fourth-order valence-corrected chi connectivity index (χ4v) is 3.63. The zero-order valence-electron chi connectivity index (χ0n) is 12.2. The Balaban J connectivity index is 2.08. The topological polar surface area (TPSA) is 56.7 Å². The average molecular weight is 412 g/mol. The van der Waals surface area contributed by atoms with Gasteiger partial charge in [-0.25, -0.2) is 4.98 Å². The number of rotatable bonds is 2. The number of benzene rings is 1. The maximum Gasteiger partial charge on any atom is 0.213 e. The van der Waals surface area contributed by atoms with Crippen LogP contribution in [0.3, 0.4) is 0 Å². The molecule has 0 bridgehead atoms. The molecule has 1 aromatic carbocycles. The summed E-state index contributed by atoms with van der Waals surface area (Å²) in [6, 6.07) is 8.09. The summed E-state index contributed by atoms with van der Waals surface area (Å²) in [4.78, 5) is 4.63. The lowest BCUT2D eigenvalue weighted by molar-refractivity contribution is 0.404. The van der Waals surface area contributed by atoms with Crippen LogP contribution in [0.15, 0.2) is 24.3 Å². The molecule has 0 saturated heterocycles. The number of nitrogens with two attached hydrogens (primary N) is 1. The van der Waals surface area contributed by atoms with Gasteiger partial charge in [0.15, 0.2) is 0 Å². The molecule has 0 amide bonds. The summed E-state index contributed by atoms with van der Waals surface area (Å²) >= 11 is 3.89. The Morgan fingerprint density at radius 3 is 2.67 bits per heavy atom. The van der Waals surface area contributed by atoms with Crippen molar-refractivity contribution in [2.24, 2.45) is 5.41 Å². The van der Waals surface area contributed by atoms with Gasteiger partial charge in [0, 0.05) is 0 Å². The first-order chi connectivity index (χ1) is 9.85. The summed E-state index contributed by atoms with van der Waals surface area (Å²) < 4.78 is 3.95. The van der Waals surface area contributed by atoms with E-state index in [4.69, 9.17) is 10.8 Å². The number of anilines is 1. The Hall–Kier alpha value is -1.15. The molecule has 0 atom stereocenters. The SMILES string of the molecule is CC(C)(C)Cc1nn(-c2nc3ccccc3s2)c(N)c1I. The number of hydrogen-bond acceptors (Lipinski definition) is 4. The van der Waals surface area contributed by atoms with Gasteiger partial charge in [-0.2, -0.15) is 9.78 Å². The standard InChI is InChI=1S/C15H17IN4S/c1-15(2,3)8-10-12(16)13(17)20(19-10)14-18-9-6-4-5-7-11(9)21-14/h4-7H,8,17H2,1-3H3. The van der Waals surface area contributed by atoms with E-state index in [-0.39, 0.29) is 5.41 Å². The van der Waals surface area contributed by atoms with Gasteiger partial charge in [0.1, 0.15) is 5.82 Å². The second-order valence-corrected chi connectivity index (χ2v) is 8.35. The highest BCUT2D eigenvalue weighted by Crippen LogP contribution is 2.31. The molecule has 2 aromatic heterocycles. The fourth-order valence-electron chi connectivity index (χ4n) is 2.17. The number of fused-ring (bicyclic) bond motifs is 1. The molecule has 2 N–H and O–H groups in total. The van der Waals surface area contributed by atoms with E-state index in [9.17, 15) is 0 Å². The van der Waals surface area contributed by atoms with Crippen molar-refractivity contribution in [3.8, 4) is 5.13 Å². The van der Waals surface area contributed by atoms with E-state index in [2.05, 4.69) is 54.4 Å². The summed E-state index contributed by atoms with van der Waals surface area (Å²) in [5, 5.41) is 5.52. The van der Waals surface area contributed by atoms with Gasteiger partial charge in [0.2, 0.25) is 5.13 Å². The Morgan fingerprint density at radius 2 is 2.00 bits per heavy atom. The molecule has 0 spiro atoms. The highest BCUT2D eigenvalue weighted by Gasteiger charge is 2.21. The Morgan fingerprint density at radius 1 is 1.29 bits per heavy atom. The Kier molecular flexibility index (Phi) is 3.69. The monoisotopic (exact) mass is 412 g/mol. The van der Waals surface area contributed by atoms with E-state index in [1.54, 1.807) is 16.0 Å². The molecule has 4 nitrogen and oxygen atoms in total. The van der Waals surface area contributed by atoms with Crippen LogP contribution in [-0.2, 0) is 6.42 Å². The molecule has 0 unspecified atom stereocenters. The molecular weight excluding hydrogens is 395 g/mol. The van der Waals surface area contributed by atoms with Gasteiger partial charge in [-0.15, -0.1) is 0 Å². The number of para-hydroxylation sites is 1. The lowest BCUT2D eigenvalue weighted by Gasteiger charge is -2.16. The number of thiazole rings is 1. The zero-order chi connectivity index (χ0) is 15.2. The normalized spacial score (nSPS) is 12.2. The van der Waals surface area contributed by atoms with Gasteiger partial charge in [-0.3, -0.25) is 0 Å². The quantitative estimate of drug-likeness (QED) is 0.640. The van der Waals surface area contributed by atoms with Crippen LogP contribution in [0.5, 0.6) is 0 Å². The van der Waals surface area contributed by atoms with Crippen LogP contribution in [0.2, 0.25) is 0 Å². The third kappa shape index (κ3) is 2.91. The molecule has 3 rings (SSSR count). The first kappa shape index (κ1) is 14.8. The zero-order valence-corrected chi connectivity index (χ0v) is 15.2. The number of aromatic nitrogens is 3. The predicted molar refractivity (Wildman–Crippen MR) is 97.0 cm³/mol. The summed E-state index contributed by atoms with van der Waals surface area (Å²) in [5.41, 5.74) is 8.44. The molecule has 3 aromatic rings. The summed E-state index contributed by atoms with van der Waals surface area (Å²) in [6.45, 7) is 6.61. The highest BCUT2D eigenvalue weighted by atomic mass is 127. The van der Waals surface area contributed by atoms with Crippen LogP contribution in [-0.4, -0.2) is 14.8 Å². The van der Waals surface area contributed by atoms with Crippen molar-refractivity contribution in [2.45, 2.75) is 27.2 Å². The van der Waals surface area contributed by atoms with Crippen LogP contribution in [0, 0.1) is 8.99 Å². The fraction of sp³-hybridized carbons (Fsp3) is 0.333. The number of halogens is 1. The molecule has 0 radical (unpaired) electrons. The first-order valence-electron chi connectivity index (χ1n) is 6.74. The Bertz CT molecular complexity index is 765.